The molecule has 0 aliphatic rings. The maximum Gasteiger partial charge on any atom is 0.274 e. The van der Waals surface area contributed by atoms with Gasteiger partial charge in [0, 0.05) is 12.4 Å². The van der Waals surface area contributed by atoms with Crippen molar-refractivity contribution in [3.8, 4) is 0 Å². The summed E-state index contributed by atoms with van der Waals surface area (Å²) < 4.78 is 1.73. The van der Waals surface area contributed by atoms with Crippen molar-refractivity contribution in [1.82, 2.24) is 14.4 Å². The van der Waals surface area contributed by atoms with Gasteiger partial charge in [-0.25, -0.2) is 4.98 Å². The molecule has 0 saturated heterocycles. The molecule has 2 aromatic rings. The van der Waals surface area contributed by atoms with Crippen molar-refractivity contribution in [2.75, 3.05) is 0 Å². The smallest absolute Gasteiger partial charge is 0.274 e. The number of fused-ring (bicyclic) bond motifs is 1. The molecule has 0 unspecified atom stereocenters. The molecule has 62 valence electrons. The third kappa shape index (κ3) is 0.845. The predicted molar refractivity (Wildman–Crippen MR) is 45.2 cm³/mol. The molecule has 0 amide bonds. The number of nitrogens with one attached hydrogen (secondary N) is 1. The van der Waals surface area contributed by atoms with E-state index in [0.29, 0.717) is 5.52 Å². The Morgan fingerprint density at radius 2 is 2.50 bits per heavy atom. The van der Waals surface area contributed by atoms with E-state index in [1.165, 1.54) is 0 Å². The van der Waals surface area contributed by atoms with E-state index in [-0.39, 0.29) is 5.56 Å². The van der Waals surface area contributed by atoms with Crippen LogP contribution in [-0.4, -0.2) is 14.4 Å². The average Bonchev–Trinajstić information content (AvgIpc) is 2.49. The van der Waals surface area contributed by atoms with Crippen molar-refractivity contribution in [3.05, 3.63) is 34.8 Å². The molecule has 12 heavy (non-hydrogen) atoms. The summed E-state index contributed by atoms with van der Waals surface area (Å²) in [6.07, 6.45) is 5.83. The van der Waals surface area contributed by atoms with Gasteiger partial charge in [-0.05, 0) is 6.42 Å². The van der Waals surface area contributed by atoms with E-state index in [1.807, 2.05) is 6.92 Å². The average molecular weight is 163 g/mol. The Bertz CT molecular complexity index is 455. The van der Waals surface area contributed by atoms with Gasteiger partial charge in [0.15, 0.2) is 0 Å². The largest absolute Gasteiger partial charge is 0.326 e. The minimum absolute atomic E-state index is 0.0770. The minimum Gasteiger partial charge on any atom is -0.326 e. The van der Waals surface area contributed by atoms with Gasteiger partial charge in [-0.15, -0.1) is 0 Å². The third-order valence-corrected chi connectivity index (χ3v) is 1.87. The highest BCUT2D eigenvalue weighted by Crippen LogP contribution is 2.02. The zero-order valence-corrected chi connectivity index (χ0v) is 6.74. The number of rotatable bonds is 1. The van der Waals surface area contributed by atoms with Crippen LogP contribution in [0.4, 0.5) is 0 Å². The van der Waals surface area contributed by atoms with Crippen LogP contribution < -0.4 is 5.56 Å². The van der Waals surface area contributed by atoms with Crippen molar-refractivity contribution in [3.63, 3.8) is 0 Å². The van der Waals surface area contributed by atoms with Gasteiger partial charge in [0.05, 0.1) is 12.0 Å². The van der Waals surface area contributed by atoms with E-state index in [9.17, 15) is 4.79 Å². The topological polar surface area (TPSA) is 50.2 Å². The van der Waals surface area contributed by atoms with Gasteiger partial charge in [0.2, 0.25) is 0 Å². The van der Waals surface area contributed by atoms with Crippen LogP contribution in [0.15, 0.2) is 23.5 Å². The lowest BCUT2D eigenvalue weighted by atomic mass is 10.3. The second kappa shape index (κ2) is 2.48. The number of hydrogen-bond acceptors (Lipinski definition) is 2. The number of aryl methyl sites for hydroxylation is 1. The normalized spacial score (nSPS) is 10.8. The summed E-state index contributed by atoms with van der Waals surface area (Å²) >= 11 is 0. The molecule has 0 saturated carbocycles. The van der Waals surface area contributed by atoms with Crippen LogP contribution in [0.3, 0.4) is 0 Å². The zero-order chi connectivity index (χ0) is 8.55. The monoisotopic (exact) mass is 163 g/mol. The Hall–Kier alpha value is -1.58. The Kier molecular flexibility index (Phi) is 1.46. The standard InChI is InChI=1S/C8H9N3O/c1-2-6-7-8(12)9-3-4-11(7)5-10-6/h3-5H,2H2,1H3,(H,9,12). The fraction of sp³-hybridized carbons (Fsp3) is 0.250. The van der Waals surface area contributed by atoms with Gasteiger partial charge in [0.1, 0.15) is 5.52 Å². The van der Waals surface area contributed by atoms with E-state index in [0.717, 1.165) is 12.1 Å². The minimum atomic E-state index is -0.0770. The molecule has 2 rings (SSSR count). The highest BCUT2D eigenvalue weighted by Gasteiger charge is 2.04. The van der Waals surface area contributed by atoms with E-state index in [4.69, 9.17) is 0 Å². The van der Waals surface area contributed by atoms with Gasteiger partial charge in [-0.1, -0.05) is 6.92 Å². The molecular weight excluding hydrogens is 154 g/mol. The third-order valence-electron chi connectivity index (χ3n) is 1.87. The second-order valence-corrected chi connectivity index (χ2v) is 2.59. The van der Waals surface area contributed by atoms with Gasteiger partial charge in [0.25, 0.3) is 5.56 Å². The molecule has 4 nitrogen and oxygen atoms in total. The fourth-order valence-electron chi connectivity index (χ4n) is 1.28. The molecule has 0 fully saturated rings. The van der Waals surface area contributed by atoms with Crippen molar-refractivity contribution in [2.24, 2.45) is 0 Å². The number of nitrogens with zero attached hydrogens (tertiary/aromatic N) is 2. The van der Waals surface area contributed by atoms with Crippen LogP contribution in [0.1, 0.15) is 12.6 Å². The van der Waals surface area contributed by atoms with Gasteiger partial charge < -0.3 is 4.98 Å². The molecule has 2 aromatic heterocycles. The Morgan fingerprint density at radius 3 is 3.25 bits per heavy atom. The summed E-state index contributed by atoms with van der Waals surface area (Å²) in [7, 11) is 0. The van der Waals surface area contributed by atoms with Crippen molar-refractivity contribution < 1.29 is 0 Å². The fourth-order valence-corrected chi connectivity index (χ4v) is 1.28. The molecule has 0 atom stereocenters. The number of aromatic nitrogens is 3. The van der Waals surface area contributed by atoms with Crippen LogP contribution in [0.2, 0.25) is 0 Å². The first-order valence-electron chi connectivity index (χ1n) is 3.86. The zero-order valence-electron chi connectivity index (χ0n) is 6.74. The van der Waals surface area contributed by atoms with Crippen molar-refractivity contribution >= 4 is 5.52 Å². The molecule has 0 bridgehead atoms. The van der Waals surface area contributed by atoms with Gasteiger partial charge in [-0.2, -0.15) is 0 Å². The molecule has 0 aromatic carbocycles. The predicted octanol–water partition coefficient (Wildman–Crippen LogP) is 0.585. The van der Waals surface area contributed by atoms with Crippen molar-refractivity contribution in [1.29, 1.82) is 0 Å². The molecule has 0 aliphatic heterocycles. The number of H-pyrrole nitrogens is 1. The van der Waals surface area contributed by atoms with Gasteiger partial charge >= 0.3 is 0 Å². The summed E-state index contributed by atoms with van der Waals surface area (Å²) in [5, 5.41) is 0. The molecule has 0 radical (unpaired) electrons. The van der Waals surface area contributed by atoms with Crippen LogP contribution in [-0.2, 0) is 6.42 Å². The summed E-state index contributed by atoms with van der Waals surface area (Å²) in [5.41, 5.74) is 1.42. The second-order valence-electron chi connectivity index (χ2n) is 2.59. The maximum atomic E-state index is 11.3. The number of aromatic amines is 1. The van der Waals surface area contributed by atoms with Crippen LogP contribution in [0.5, 0.6) is 0 Å². The van der Waals surface area contributed by atoms with Crippen LogP contribution >= 0.6 is 0 Å². The highest BCUT2D eigenvalue weighted by molar-refractivity contribution is 5.49. The SMILES string of the molecule is CCc1ncn2cc[nH]c(=O)c12. The first-order chi connectivity index (χ1) is 5.83. The van der Waals surface area contributed by atoms with E-state index in [2.05, 4.69) is 9.97 Å². The molecule has 0 spiro atoms. The first-order valence-corrected chi connectivity index (χ1v) is 3.86. The molecule has 0 aliphatic carbocycles. The lowest BCUT2D eigenvalue weighted by Gasteiger charge is -1.91. The number of hydrogen-bond donors (Lipinski definition) is 1. The highest BCUT2D eigenvalue weighted by atomic mass is 16.1. The number of imidazole rings is 1. The first kappa shape index (κ1) is 7.09. The lowest BCUT2D eigenvalue weighted by Crippen LogP contribution is -2.08. The molecule has 1 N–H and O–H groups in total. The Labute approximate surface area is 68.9 Å². The van der Waals surface area contributed by atoms with Gasteiger partial charge in [-0.3, -0.25) is 9.20 Å². The summed E-state index contributed by atoms with van der Waals surface area (Å²) in [6, 6.07) is 0. The van der Waals surface area contributed by atoms with Crippen LogP contribution in [0, 0.1) is 0 Å². The Morgan fingerprint density at radius 1 is 1.67 bits per heavy atom. The summed E-state index contributed by atoms with van der Waals surface area (Å²) in [5.74, 6) is 0. The van der Waals surface area contributed by atoms with Crippen molar-refractivity contribution in [2.45, 2.75) is 13.3 Å². The summed E-state index contributed by atoms with van der Waals surface area (Å²) in [6.45, 7) is 1.98. The summed E-state index contributed by atoms with van der Waals surface area (Å²) in [4.78, 5) is 18.0. The maximum absolute atomic E-state index is 11.3. The van der Waals surface area contributed by atoms with E-state index < -0.39 is 0 Å². The molecule has 4 heteroatoms. The van der Waals surface area contributed by atoms with Crippen LogP contribution in [0.25, 0.3) is 5.52 Å². The molecule has 2 heterocycles. The van der Waals surface area contributed by atoms with E-state index in [1.54, 1.807) is 23.1 Å². The Balaban J connectivity index is 2.92. The van der Waals surface area contributed by atoms with E-state index >= 15 is 0 Å². The quantitative estimate of drug-likeness (QED) is 0.668. The lowest BCUT2D eigenvalue weighted by molar-refractivity contribution is 1.07. The molecular formula is C8H9N3O.